The maximum atomic E-state index is 12.6. The Bertz CT molecular complexity index is 866. The molecule has 114 valence electrons. The van der Waals surface area contributed by atoms with Crippen LogP contribution >= 0.6 is 0 Å². The van der Waals surface area contributed by atoms with Crippen molar-refractivity contribution >= 4 is 15.7 Å². The van der Waals surface area contributed by atoms with Gasteiger partial charge in [-0.1, -0.05) is 60.7 Å². The standard InChI is InChI=1S/C18H14N2O2S/c21-23(22,17-12-7-13-19-14-17)20-18(15-8-3-1-4-9-15)16-10-5-2-6-11-16/h1-14H. The van der Waals surface area contributed by atoms with Gasteiger partial charge in [-0.3, -0.25) is 4.98 Å². The lowest BCUT2D eigenvalue weighted by atomic mass is 10.0. The lowest BCUT2D eigenvalue weighted by Crippen LogP contribution is -2.08. The molecule has 0 bridgehead atoms. The van der Waals surface area contributed by atoms with Gasteiger partial charge in [0.25, 0.3) is 10.0 Å². The topological polar surface area (TPSA) is 59.4 Å². The van der Waals surface area contributed by atoms with Crippen LogP contribution in [0.15, 0.2) is 94.5 Å². The van der Waals surface area contributed by atoms with Gasteiger partial charge in [0.05, 0.1) is 5.71 Å². The fourth-order valence-electron chi connectivity index (χ4n) is 2.14. The van der Waals surface area contributed by atoms with Gasteiger partial charge in [0.1, 0.15) is 4.90 Å². The Labute approximate surface area is 135 Å². The second-order valence-corrected chi connectivity index (χ2v) is 6.44. The van der Waals surface area contributed by atoms with Gasteiger partial charge in [-0.15, -0.1) is 0 Å². The lowest BCUT2D eigenvalue weighted by Gasteiger charge is -2.07. The highest BCUT2D eigenvalue weighted by atomic mass is 32.2. The summed E-state index contributed by atoms with van der Waals surface area (Å²) in [7, 11) is -3.83. The van der Waals surface area contributed by atoms with E-state index in [0.29, 0.717) is 5.71 Å². The highest BCUT2D eigenvalue weighted by Crippen LogP contribution is 2.16. The molecule has 0 aliphatic rings. The molecule has 0 spiro atoms. The quantitative estimate of drug-likeness (QED) is 0.692. The third-order valence-electron chi connectivity index (χ3n) is 3.24. The molecule has 1 heterocycles. The number of benzene rings is 2. The number of sulfonamides is 1. The highest BCUT2D eigenvalue weighted by Gasteiger charge is 2.16. The second-order valence-electron chi connectivity index (χ2n) is 4.84. The van der Waals surface area contributed by atoms with Crippen LogP contribution in [0.2, 0.25) is 0 Å². The number of aromatic nitrogens is 1. The van der Waals surface area contributed by atoms with E-state index in [9.17, 15) is 8.42 Å². The van der Waals surface area contributed by atoms with Gasteiger partial charge in [0.15, 0.2) is 0 Å². The second kappa shape index (κ2) is 6.54. The molecule has 1 aromatic heterocycles. The van der Waals surface area contributed by atoms with Crippen molar-refractivity contribution in [1.82, 2.24) is 4.98 Å². The van der Waals surface area contributed by atoms with Crippen LogP contribution in [0.25, 0.3) is 0 Å². The van der Waals surface area contributed by atoms with Gasteiger partial charge >= 0.3 is 0 Å². The summed E-state index contributed by atoms with van der Waals surface area (Å²) >= 11 is 0. The average Bonchev–Trinajstić information content (AvgIpc) is 2.62. The van der Waals surface area contributed by atoms with Gasteiger partial charge < -0.3 is 0 Å². The maximum absolute atomic E-state index is 12.6. The highest BCUT2D eigenvalue weighted by molar-refractivity contribution is 7.90. The first kappa shape index (κ1) is 15.1. The number of nitrogens with zero attached hydrogens (tertiary/aromatic N) is 2. The first-order chi connectivity index (χ1) is 11.2. The molecule has 4 nitrogen and oxygen atoms in total. The SMILES string of the molecule is O=S(=O)(N=C(c1ccccc1)c1ccccc1)c1cccnc1. The predicted molar refractivity (Wildman–Crippen MR) is 89.9 cm³/mol. The van der Waals surface area contributed by atoms with Crippen LogP contribution in [0.5, 0.6) is 0 Å². The minimum atomic E-state index is -3.83. The monoisotopic (exact) mass is 322 g/mol. The van der Waals surface area contributed by atoms with Crippen LogP contribution in [-0.4, -0.2) is 19.1 Å². The van der Waals surface area contributed by atoms with Crippen LogP contribution in [0.4, 0.5) is 0 Å². The molecule has 3 aromatic rings. The summed E-state index contributed by atoms with van der Waals surface area (Å²) < 4.78 is 29.2. The summed E-state index contributed by atoms with van der Waals surface area (Å²) in [5, 5.41) is 0. The molecule has 2 aromatic carbocycles. The van der Waals surface area contributed by atoms with E-state index < -0.39 is 10.0 Å². The summed E-state index contributed by atoms with van der Waals surface area (Å²) in [5.41, 5.74) is 1.90. The molecule has 0 aliphatic carbocycles. The molecular weight excluding hydrogens is 308 g/mol. The number of rotatable bonds is 4. The molecule has 0 atom stereocenters. The molecule has 5 heteroatoms. The van der Waals surface area contributed by atoms with Crippen molar-refractivity contribution in [2.24, 2.45) is 4.40 Å². The zero-order chi connectivity index (χ0) is 16.1. The van der Waals surface area contributed by atoms with E-state index in [2.05, 4.69) is 9.38 Å². The average molecular weight is 322 g/mol. The molecule has 0 aliphatic heterocycles. The molecule has 23 heavy (non-hydrogen) atoms. The van der Waals surface area contributed by atoms with Crippen molar-refractivity contribution in [3.63, 3.8) is 0 Å². The van der Waals surface area contributed by atoms with Gasteiger partial charge in [0, 0.05) is 23.5 Å². The molecule has 0 amide bonds. The van der Waals surface area contributed by atoms with Crippen LogP contribution < -0.4 is 0 Å². The molecule has 3 rings (SSSR count). The van der Waals surface area contributed by atoms with Crippen LogP contribution in [0.3, 0.4) is 0 Å². The number of hydrogen-bond donors (Lipinski definition) is 0. The Balaban J connectivity index is 2.17. The molecule has 0 saturated heterocycles. The van der Waals surface area contributed by atoms with Gasteiger partial charge in [0.2, 0.25) is 0 Å². The summed E-state index contributed by atoms with van der Waals surface area (Å²) in [4.78, 5) is 3.93. The van der Waals surface area contributed by atoms with Crippen LogP contribution in [0.1, 0.15) is 11.1 Å². The van der Waals surface area contributed by atoms with E-state index in [1.807, 2.05) is 60.7 Å². The van der Waals surface area contributed by atoms with Crippen LogP contribution in [0, 0.1) is 0 Å². The minimum absolute atomic E-state index is 0.0735. The Morgan fingerprint density at radius 3 is 1.83 bits per heavy atom. The predicted octanol–water partition coefficient (Wildman–Crippen LogP) is 3.31. The van der Waals surface area contributed by atoms with Crippen molar-refractivity contribution in [3.8, 4) is 0 Å². The Kier molecular flexibility index (Phi) is 4.30. The van der Waals surface area contributed by atoms with Crippen molar-refractivity contribution in [3.05, 3.63) is 96.3 Å². The molecule has 0 unspecified atom stereocenters. The molecule has 0 saturated carbocycles. The Morgan fingerprint density at radius 1 is 0.783 bits per heavy atom. The maximum Gasteiger partial charge on any atom is 0.284 e. The van der Waals surface area contributed by atoms with Gasteiger partial charge in [-0.05, 0) is 12.1 Å². The zero-order valence-corrected chi connectivity index (χ0v) is 13.0. The molecule has 0 N–H and O–H groups in total. The fourth-order valence-corrected chi connectivity index (χ4v) is 3.14. The Hall–Kier alpha value is -2.79. The fraction of sp³-hybridized carbons (Fsp3) is 0. The van der Waals surface area contributed by atoms with Crippen molar-refractivity contribution in [2.75, 3.05) is 0 Å². The third kappa shape index (κ3) is 3.52. The first-order valence-electron chi connectivity index (χ1n) is 7.03. The van der Waals surface area contributed by atoms with Crippen LogP contribution in [-0.2, 0) is 10.0 Å². The first-order valence-corrected chi connectivity index (χ1v) is 8.47. The molecular formula is C18H14N2O2S. The van der Waals surface area contributed by atoms with E-state index in [4.69, 9.17) is 0 Å². The van der Waals surface area contributed by atoms with E-state index in [0.717, 1.165) is 11.1 Å². The minimum Gasteiger partial charge on any atom is -0.263 e. The summed E-state index contributed by atoms with van der Waals surface area (Å²) in [6.45, 7) is 0. The van der Waals surface area contributed by atoms with E-state index in [1.165, 1.54) is 18.5 Å². The summed E-state index contributed by atoms with van der Waals surface area (Å²) in [6, 6.07) is 21.6. The smallest absolute Gasteiger partial charge is 0.263 e. The number of pyridine rings is 1. The molecule has 0 radical (unpaired) electrons. The lowest BCUT2D eigenvalue weighted by molar-refractivity contribution is 0.597. The summed E-state index contributed by atoms with van der Waals surface area (Å²) in [6.07, 6.45) is 2.82. The van der Waals surface area contributed by atoms with Crippen molar-refractivity contribution in [2.45, 2.75) is 4.90 Å². The van der Waals surface area contributed by atoms with E-state index >= 15 is 0 Å². The number of hydrogen-bond acceptors (Lipinski definition) is 3. The Morgan fingerprint density at radius 2 is 1.35 bits per heavy atom. The van der Waals surface area contributed by atoms with Gasteiger partial charge in [-0.2, -0.15) is 12.8 Å². The largest absolute Gasteiger partial charge is 0.284 e. The van der Waals surface area contributed by atoms with Gasteiger partial charge in [-0.25, -0.2) is 0 Å². The van der Waals surface area contributed by atoms with Crippen molar-refractivity contribution in [1.29, 1.82) is 0 Å². The normalized spacial score (nSPS) is 11.0. The summed E-state index contributed by atoms with van der Waals surface area (Å²) in [5.74, 6) is 0. The van der Waals surface area contributed by atoms with Crippen molar-refractivity contribution < 1.29 is 8.42 Å². The van der Waals surface area contributed by atoms with E-state index in [-0.39, 0.29) is 4.90 Å². The molecule has 0 fully saturated rings. The van der Waals surface area contributed by atoms with E-state index in [1.54, 1.807) is 6.07 Å². The third-order valence-corrected chi connectivity index (χ3v) is 4.50. The zero-order valence-electron chi connectivity index (χ0n) is 12.2.